The Morgan fingerprint density at radius 3 is 2.48 bits per heavy atom. The summed E-state index contributed by atoms with van der Waals surface area (Å²) in [5.41, 5.74) is 4.18. The van der Waals surface area contributed by atoms with Crippen LogP contribution in [0.25, 0.3) is 10.8 Å². The van der Waals surface area contributed by atoms with Gasteiger partial charge in [0.25, 0.3) is 0 Å². The summed E-state index contributed by atoms with van der Waals surface area (Å²) in [7, 11) is 0. The molecule has 4 aromatic rings. The lowest BCUT2D eigenvalue weighted by Gasteiger charge is -2.11. The van der Waals surface area contributed by atoms with Gasteiger partial charge in [-0.3, -0.25) is 5.43 Å². The smallest absolute Gasteiger partial charge is 0.345 e. The SMILES string of the molecule is O=C(Oc1ccc2ccccc2c1C=NNC(=S)Nc1ccc(F)cc1)c1ccccc1Cl. The van der Waals surface area contributed by atoms with Gasteiger partial charge >= 0.3 is 5.97 Å². The molecule has 0 aliphatic heterocycles. The molecule has 33 heavy (non-hydrogen) atoms. The Balaban J connectivity index is 1.57. The minimum Gasteiger partial charge on any atom is -0.422 e. The van der Waals surface area contributed by atoms with Crippen LogP contribution in [-0.4, -0.2) is 17.3 Å². The quantitative estimate of drug-likeness (QED) is 0.118. The molecule has 4 aromatic carbocycles. The standard InChI is InChI=1S/C25H17ClFN3O2S/c26-22-8-4-3-7-20(22)24(31)32-23-14-9-16-5-1-2-6-19(16)21(23)15-28-30-25(33)29-18-12-10-17(27)11-13-18/h1-15H,(H2,29,30,33). The maximum Gasteiger partial charge on any atom is 0.345 e. The van der Waals surface area contributed by atoms with E-state index in [-0.39, 0.29) is 16.5 Å². The molecular weight excluding hydrogens is 461 g/mol. The van der Waals surface area contributed by atoms with Crippen LogP contribution >= 0.6 is 23.8 Å². The van der Waals surface area contributed by atoms with Crippen LogP contribution in [0, 0.1) is 5.82 Å². The third-order valence-corrected chi connectivity index (χ3v) is 5.21. The maximum atomic E-state index is 13.1. The second kappa shape index (κ2) is 10.2. The molecule has 164 valence electrons. The Labute approximate surface area is 199 Å². The van der Waals surface area contributed by atoms with E-state index in [1.54, 1.807) is 42.5 Å². The van der Waals surface area contributed by atoms with Crippen molar-refractivity contribution < 1.29 is 13.9 Å². The zero-order valence-corrected chi connectivity index (χ0v) is 18.7. The van der Waals surface area contributed by atoms with Crippen LogP contribution in [-0.2, 0) is 0 Å². The highest BCUT2D eigenvalue weighted by atomic mass is 35.5. The number of esters is 1. The average molecular weight is 478 g/mol. The molecule has 0 heterocycles. The lowest BCUT2D eigenvalue weighted by molar-refractivity contribution is 0.0735. The zero-order valence-electron chi connectivity index (χ0n) is 17.1. The number of rotatable bonds is 5. The molecule has 0 atom stereocenters. The molecule has 0 aliphatic carbocycles. The Kier molecular flexibility index (Phi) is 6.92. The zero-order chi connectivity index (χ0) is 23.2. The van der Waals surface area contributed by atoms with Crippen molar-refractivity contribution >= 4 is 57.6 Å². The number of ether oxygens (including phenoxy) is 1. The third-order valence-electron chi connectivity index (χ3n) is 4.69. The van der Waals surface area contributed by atoms with Crippen LogP contribution in [0.3, 0.4) is 0 Å². The van der Waals surface area contributed by atoms with Gasteiger partial charge in [0.05, 0.1) is 16.8 Å². The molecule has 0 fully saturated rings. The Bertz CT molecular complexity index is 1360. The van der Waals surface area contributed by atoms with Crippen LogP contribution in [0.15, 0.2) is 90.0 Å². The second-order valence-electron chi connectivity index (χ2n) is 6.90. The van der Waals surface area contributed by atoms with Gasteiger partial charge in [0, 0.05) is 11.3 Å². The minimum atomic E-state index is -0.577. The molecule has 0 saturated heterocycles. The molecule has 0 unspecified atom stereocenters. The van der Waals surface area contributed by atoms with Gasteiger partial charge < -0.3 is 10.1 Å². The fraction of sp³-hybridized carbons (Fsp3) is 0. The number of hydrazone groups is 1. The van der Waals surface area contributed by atoms with Crippen molar-refractivity contribution in [3.05, 3.63) is 107 Å². The van der Waals surface area contributed by atoms with Crippen molar-refractivity contribution in [2.45, 2.75) is 0 Å². The van der Waals surface area contributed by atoms with E-state index in [4.69, 9.17) is 28.6 Å². The number of nitrogens with one attached hydrogen (secondary N) is 2. The molecule has 8 heteroatoms. The van der Waals surface area contributed by atoms with Crippen molar-refractivity contribution in [1.29, 1.82) is 0 Å². The van der Waals surface area contributed by atoms with E-state index in [1.807, 2.05) is 30.3 Å². The van der Waals surface area contributed by atoms with Crippen molar-refractivity contribution in [3.8, 4) is 5.75 Å². The number of nitrogens with zero attached hydrogens (tertiary/aromatic N) is 1. The van der Waals surface area contributed by atoms with Gasteiger partial charge in [-0.05, 0) is 65.5 Å². The monoisotopic (exact) mass is 477 g/mol. The summed E-state index contributed by atoms with van der Waals surface area (Å²) in [5.74, 6) is -0.596. The van der Waals surface area contributed by atoms with Gasteiger partial charge in [-0.15, -0.1) is 0 Å². The summed E-state index contributed by atoms with van der Waals surface area (Å²) < 4.78 is 18.7. The van der Waals surface area contributed by atoms with Gasteiger partial charge in [-0.2, -0.15) is 5.10 Å². The highest BCUT2D eigenvalue weighted by molar-refractivity contribution is 7.80. The first-order chi connectivity index (χ1) is 16.0. The largest absolute Gasteiger partial charge is 0.422 e. The number of halogens is 2. The number of carbonyl (C=O) groups is 1. The van der Waals surface area contributed by atoms with Crippen LogP contribution in [0.5, 0.6) is 5.75 Å². The van der Waals surface area contributed by atoms with Crippen LogP contribution < -0.4 is 15.5 Å². The molecule has 5 nitrogen and oxygen atoms in total. The van der Waals surface area contributed by atoms with E-state index < -0.39 is 5.97 Å². The predicted octanol–water partition coefficient (Wildman–Crippen LogP) is 6.17. The number of hydrogen-bond donors (Lipinski definition) is 2. The number of thiocarbonyl (C=S) groups is 1. The van der Waals surface area contributed by atoms with E-state index in [9.17, 15) is 9.18 Å². The first kappa shape index (κ1) is 22.4. The van der Waals surface area contributed by atoms with Crippen LogP contribution in [0.2, 0.25) is 5.02 Å². The van der Waals surface area contributed by atoms with Crippen molar-refractivity contribution in [2.24, 2.45) is 5.10 Å². The van der Waals surface area contributed by atoms with Crippen LogP contribution in [0.4, 0.5) is 10.1 Å². The Morgan fingerprint density at radius 2 is 1.70 bits per heavy atom. The van der Waals surface area contributed by atoms with Crippen molar-refractivity contribution in [2.75, 3.05) is 5.32 Å². The highest BCUT2D eigenvalue weighted by Crippen LogP contribution is 2.28. The molecule has 0 spiro atoms. The van der Waals surface area contributed by atoms with Crippen molar-refractivity contribution in [3.63, 3.8) is 0 Å². The average Bonchev–Trinajstić information content (AvgIpc) is 2.82. The molecule has 0 aliphatic rings. The van der Waals surface area contributed by atoms with Gasteiger partial charge in [0.15, 0.2) is 5.11 Å². The normalized spacial score (nSPS) is 10.8. The third kappa shape index (κ3) is 5.52. The fourth-order valence-corrected chi connectivity index (χ4v) is 3.51. The first-order valence-corrected chi connectivity index (χ1v) is 10.6. The minimum absolute atomic E-state index is 0.215. The lowest BCUT2D eigenvalue weighted by atomic mass is 10.0. The van der Waals surface area contributed by atoms with E-state index in [2.05, 4.69) is 15.8 Å². The molecule has 0 radical (unpaired) electrons. The summed E-state index contributed by atoms with van der Waals surface area (Å²) in [6.07, 6.45) is 1.52. The number of anilines is 1. The molecule has 4 rings (SSSR count). The molecule has 0 amide bonds. The van der Waals surface area contributed by atoms with E-state index in [0.29, 0.717) is 22.0 Å². The van der Waals surface area contributed by atoms with E-state index in [0.717, 1.165) is 10.8 Å². The van der Waals surface area contributed by atoms with Gasteiger partial charge in [-0.1, -0.05) is 54.1 Å². The maximum absolute atomic E-state index is 13.1. The number of fused-ring (bicyclic) bond motifs is 1. The Hall–Kier alpha value is -3.81. The van der Waals surface area contributed by atoms with E-state index in [1.165, 1.54) is 18.3 Å². The van der Waals surface area contributed by atoms with Gasteiger partial charge in [0.1, 0.15) is 11.6 Å². The summed E-state index contributed by atoms with van der Waals surface area (Å²) in [6.45, 7) is 0. The lowest BCUT2D eigenvalue weighted by Crippen LogP contribution is -2.23. The van der Waals surface area contributed by atoms with Crippen LogP contribution in [0.1, 0.15) is 15.9 Å². The summed E-state index contributed by atoms with van der Waals surface area (Å²) in [5, 5.41) is 9.40. The van der Waals surface area contributed by atoms with Gasteiger partial charge in [0.2, 0.25) is 0 Å². The molecular formula is C25H17ClFN3O2S. The number of carbonyl (C=O) groups excluding carboxylic acids is 1. The molecule has 0 bridgehead atoms. The topological polar surface area (TPSA) is 62.7 Å². The summed E-state index contributed by atoms with van der Waals surface area (Å²) >= 11 is 11.4. The second-order valence-corrected chi connectivity index (χ2v) is 7.71. The first-order valence-electron chi connectivity index (χ1n) is 9.85. The van der Waals surface area contributed by atoms with Gasteiger partial charge in [-0.25, -0.2) is 9.18 Å². The summed E-state index contributed by atoms with van der Waals surface area (Å²) in [4.78, 5) is 12.7. The highest BCUT2D eigenvalue weighted by Gasteiger charge is 2.15. The Morgan fingerprint density at radius 1 is 0.970 bits per heavy atom. The number of benzene rings is 4. The molecule has 2 N–H and O–H groups in total. The predicted molar refractivity (Wildman–Crippen MR) is 134 cm³/mol. The summed E-state index contributed by atoms with van der Waals surface area (Å²) in [6, 6.07) is 23.6. The van der Waals surface area contributed by atoms with Crippen molar-refractivity contribution in [1.82, 2.24) is 5.43 Å². The molecule has 0 aromatic heterocycles. The van der Waals surface area contributed by atoms with E-state index >= 15 is 0 Å². The number of hydrogen-bond acceptors (Lipinski definition) is 4. The fourth-order valence-electron chi connectivity index (χ4n) is 3.13. The molecule has 0 saturated carbocycles.